The van der Waals surface area contributed by atoms with Crippen molar-refractivity contribution in [3.63, 3.8) is 0 Å². The third kappa shape index (κ3) is 3.33. The summed E-state index contributed by atoms with van der Waals surface area (Å²) in [4.78, 5) is 19.5. The van der Waals surface area contributed by atoms with Gasteiger partial charge in [-0.2, -0.15) is 5.10 Å². The van der Waals surface area contributed by atoms with Crippen LogP contribution in [0, 0.1) is 0 Å². The molecule has 1 aromatic carbocycles. The van der Waals surface area contributed by atoms with Gasteiger partial charge in [-0.3, -0.25) is 0 Å². The van der Waals surface area contributed by atoms with Crippen molar-refractivity contribution in [3.05, 3.63) is 42.6 Å². The van der Waals surface area contributed by atoms with E-state index in [0.29, 0.717) is 0 Å². The maximum atomic E-state index is 12.2. The first-order valence-electron chi connectivity index (χ1n) is 7.69. The molecule has 3 aromatic rings. The average molecular weight is 312 g/mol. The van der Waals surface area contributed by atoms with Crippen LogP contribution in [-0.2, 0) is 6.54 Å². The number of nitrogens with zero attached hydrogens (tertiary/aromatic N) is 3. The molecule has 0 saturated heterocycles. The Kier molecular flexibility index (Phi) is 4.27. The first kappa shape index (κ1) is 15.1. The zero-order valence-electron chi connectivity index (χ0n) is 13.2. The summed E-state index contributed by atoms with van der Waals surface area (Å²) in [6.07, 6.45) is 4.35. The van der Waals surface area contributed by atoms with Crippen molar-refractivity contribution < 1.29 is 4.79 Å². The molecule has 0 radical (unpaired) electrons. The van der Waals surface area contributed by atoms with Gasteiger partial charge in [0.2, 0.25) is 0 Å². The minimum absolute atomic E-state index is 0.222. The fourth-order valence-corrected chi connectivity index (χ4v) is 2.55. The summed E-state index contributed by atoms with van der Waals surface area (Å²) in [6, 6.07) is 7.21. The lowest BCUT2D eigenvalue weighted by Crippen LogP contribution is -2.32. The number of carbonyl (C=O) groups excluding carboxylic acids is 1. The smallest absolute Gasteiger partial charge is 0.319 e. The highest BCUT2D eigenvalue weighted by atomic mass is 16.2. The first-order valence-corrected chi connectivity index (χ1v) is 7.69. The fourth-order valence-electron chi connectivity index (χ4n) is 2.55. The Morgan fingerprint density at radius 1 is 1.39 bits per heavy atom. The molecule has 0 aliphatic carbocycles. The standard InChI is InChI=1S/C16H20N6O/c1-3-8-22-15(18-10-19-22)11(2)20-16(23)21-13-4-5-14-12(9-13)6-7-17-14/h4-7,9-11,17H,3,8H2,1-2H3,(H2,20,21,23)/t11-/m0/s1. The van der Waals surface area contributed by atoms with E-state index in [1.807, 2.05) is 42.1 Å². The van der Waals surface area contributed by atoms with Gasteiger partial charge in [0.05, 0.1) is 6.04 Å². The highest BCUT2D eigenvalue weighted by Gasteiger charge is 2.15. The van der Waals surface area contributed by atoms with E-state index in [4.69, 9.17) is 0 Å². The normalized spacial score (nSPS) is 12.3. The van der Waals surface area contributed by atoms with Crippen LogP contribution in [0.25, 0.3) is 10.9 Å². The summed E-state index contributed by atoms with van der Waals surface area (Å²) < 4.78 is 1.82. The molecular weight excluding hydrogens is 292 g/mol. The van der Waals surface area contributed by atoms with E-state index in [2.05, 4.69) is 32.6 Å². The number of nitrogens with one attached hydrogen (secondary N) is 3. The van der Waals surface area contributed by atoms with Crippen molar-refractivity contribution >= 4 is 22.6 Å². The fraction of sp³-hybridized carbons (Fsp3) is 0.312. The molecule has 2 heterocycles. The Labute approximate surface area is 134 Å². The van der Waals surface area contributed by atoms with Gasteiger partial charge >= 0.3 is 6.03 Å². The van der Waals surface area contributed by atoms with Crippen molar-refractivity contribution in [1.82, 2.24) is 25.1 Å². The monoisotopic (exact) mass is 312 g/mol. The van der Waals surface area contributed by atoms with Crippen LogP contribution in [-0.4, -0.2) is 25.8 Å². The number of hydrogen-bond acceptors (Lipinski definition) is 3. The number of aromatic nitrogens is 4. The van der Waals surface area contributed by atoms with Gasteiger partial charge in [-0.05, 0) is 37.6 Å². The van der Waals surface area contributed by atoms with Crippen molar-refractivity contribution in [1.29, 1.82) is 0 Å². The number of rotatable bonds is 5. The molecule has 3 rings (SSSR count). The number of aryl methyl sites for hydroxylation is 1. The van der Waals surface area contributed by atoms with Gasteiger partial charge in [0.1, 0.15) is 12.2 Å². The summed E-state index contributed by atoms with van der Waals surface area (Å²) in [5.41, 5.74) is 1.79. The van der Waals surface area contributed by atoms with E-state index in [9.17, 15) is 4.79 Å². The number of hydrogen-bond donors (Lipinski definition) is 3. The molecule has 0 fully saturated rings. The number of anilines is 1. The molecule has 2 amide bonds. The molecular formula is C16H20N6O. The second-order valence-corrected chi connectivity index (χ2v) is 5.44. The second kappa shape index (κ2) is 6.51. The molecule has 0 saturated carbocycles. The lowest BCUT2D eigenvalue weighted by atomic mass is 10.2. The molecule has 3 N–H and O–H groups in total. The molecule has 1 atom stereocenters. The van der Waals surface area contributed by atoms with Gasteiger partial charge in [0.25, 0.3) is 0 Å². The van der Waals surface area contributed by atoms with Crippen LogP contribution >= 0.6 is 0 Å². The van der Waals surface area contributed by atoms with E-state index in [0.717, 1.165) is 35.4 Å². The maximum absolute atomic E-state index is 12.2. The van der Waals surface area contributed by atoms with Gasteiger partial charge in [0, 0.05) is 29.3 Å². The molecule has 0 aliphatic rings. The second-order valence-electron chi connectivity index (χ2n) is 5.44. The van der Waals surface area contributed by atoms with Crippen LogP contribution in [0.5, 0.6) is 0 Å². The molecule has 7 heteroatoms. The zero-order chi connectivity index (χ0) is 16.2. The SMILES string of the molecule is CCCn1ncnc1[C@H](C)NC(=O)Nc1ccc2[nH]ccc2c1. The van der Waals surface area contributed by atoms with Crippen molar-refractivity contribution in [2.24, 2.45) is 0 Å². The number of amides is 2. The van der Waals surface area contributed by atoms with Crippen LogP contribution in [0.4, 0.5) is 10.5 Å². The average Bonchev–Trinajstić information content (AvgIpc) is 3.15. The number of fused-ring (bicyclic) bond motifs is 1. The summed E-state index contributed by atoms with van der Waals surface area (Å²) in [7, 11) is 0. The van der Waals surface area contributed by atoms with Crippen LogP contribution in [0.15, 0.2) is 36.8 Å². The van der Waals surface area contributed by atoms with Crippen LogP contribution < -0.4 is 10.6 Å². The highest BCUT2D eigenvalue weighted by Crippen LogP contribution is 2.18. The number of H-pyrrole nitrogens is 1. The van der Waals surface area contributed by atoms with Crippen molar-refractivity contribution in [2.75, 3.05) is 5.32 Å². The molecule has 7 nitrogen and oxygen atoms in total. The predicted molar refractivity (Wildman–Crippen MR) is 89.2 cm³/mol. The lowest BCUT2D eigenvalue weighted by molar-refractivity contribution is 0.248. The van der Waals surface area contributed by atoms with Gasteiger partial charge in [-0.15, -0.1) is 0 Å². The molecule has 0 unspecified atom stereocenters. The Hall–Kier alpha value is -2.83. The quantitative estimate of drug-likeness (QED) is 0.676. The summed E-state index contributed by atoms with van der Waals surface area (Å²) >= 11 is 0. The zero-order valence-corrected chi connectivity index (χ0v) is 13.2. The van der Waals surface area contributed by atoms with Crippen LogP contribution in [0.3, 0.4) is 0 Å². The Bertz CT molecular complexity index is 806. The highest BCUT2D eigenvalue weighted by molar-refractivity contribution is 5.92. The Balaban J connectivity index is 1.65. The molecule has 0 bridgehead atoms. The molecule has 23 heavy (non-hydrogen) atoms. The number of aromatic amines is 1. The van der Waals surface area contributed by atoms with E-state index >= 15 is 0 Å². The summed E-state index contributed by atoms with van der Waals surface area (Å²) in [5.74, 6) is 0.753. The third-order valence-corrected chi connectivity index (χ3v) is 3.63. The number of urea groups is 1. The van der Waals surface area contributed by atoms with Crippen molar-refractivity contribution in [2.45, 2.75) is 32.9 Å². The lowest BCUT2D eigenvalue weighted by Gasteiger charge is -2.15. The van der Waals surface area contributed by atoms with E-state index < -0.39 is 0 Å². The van der Waals surface area contributed by atoms with Gasteiger partial charge in [-0.25, -0.2) is 14.5 Å². The minimum Gasteiger partial charge on any atom is -0.361 e. The summed E-state index contributed by atoms with van der Waals surface area (Å²) in [6.45, 7) is 4.76. The first-order chi connectivity index (χ1) is 11.2. The molecule has 0 spiro atoms. The Morgan fingerprint density at radius 3 is 3.09 bits per heavy atom. The number of benzene rings is 1. The van der Waals surface area contributed by atoms with Gasteiger partial charge < -0.3 is 15.6 Å². The van der Waals surface area contributed by atoms with E-state index in [-0.39, 0.29) is 12.1 Å². The topological polar surface area (TPSA) is 87.6 Å². The molecule has 2 aromatic heterocycles. The van der Waals surface area contributed by atoms with Crippen LogP contribution in [0.2, 0.25) is 0 Å². The minimum atomic E-state index is -0.265. The third-order valence-electron chi connectivity index (χ3n) is 3.63. The molecule has 0 aliphatic heterocycles. The number of carbonyl (C=O) groups is 1. The molecule has 120 valence electrons. The van der Waals surface area contributed by atoms with Gasteiger partial charge in [0.15, 0.2) is 0 Å². The van der Waals surface area contributed by atoms with E-state index in [1.54, 1.807) is 0 Å². The van der Waals surface area contributed by atoms with E-state index in [1.165, 1.54) is 6.33 Å². The Morgan fingerprint density at radius 2 is 2.26 bits per heavy atom. The maximum Gasteiger partial charge on any atom is 0.319 e. The van der Waals surface area contributed by atoms with Crippen molar-refractivity contribution in [3.8, 4) is 0 Å². The van der Waals surface area contributed by atoms with Gasteiger partial charge in [-0.1, -0.05) is 6.92 Å². The van der Waals surface area contributed by atoms with Crippen LogP contribution in [0.1, 0.15) is 32.1 Å². The predicted octanol–water partition coefficient (Wildman–Crippen LogP) is 3.05. The largest absolute Gasteiger partial charge is 0.361 e. The summed E-state index contributed by atoms with van der Waals surface area (Å²) in [5, 5.41) is 11.0.